The summed E-state index contributed by atoms with van der Waals surface area (Å²) in [6.07, 6.45) is 3.63. The Morgan fingerprint density at radius 1 is 1.26 bits per heavy atom. The minimum atomic E-state index is -0.220. The summed E-state index contributed by atoms with van der Waals surface area (Å²) in [4.78, 5) is 17.0. The molecular formula is C18H27N3OS. The number of nitrogens with zero attached hydrogens (tertiary/aromatic N) is 2. The van der Waals surface area contributed by atoms with Gasteiger partial charge in [-0.3, -0.25) is 4.79 Å². The molecule has 1 amide bonds. The summed E-state index contributed by atoms with van der Waals surface area (Å²) in [6.45, 7) is 8.51. The summed E-state index contributed by atoms with van der Waals surface area (Å²) in [5.74, 6) is 1.06. The molecule has 23 heavy (non-hydrogen) atoms. The Balaban J connectivity index is 2.19. The van der Waals surface area contributed by atoms with Crippen molar-refractivity contribution in [1.82, 2.24) is 14.9 Å². The topological polar surface area (TPSA) is 46.9 Å². The summed E-state index contributed by atoms with van der Waals surface area (Å²) < 4.78 is 2.03. The number of carbonyl (C=O) groups is 1. The number of thioether (sulfide) groups is 1. The maximum Gasteiger partial charge on any atom is 0.240 e. The van der Waals surface area contributed by atoms with Gasteiger partial charge in [0.2, 0.25) is 5.91 Å². The number of benzene rings is 1. The van der Waals surface area contributed by atoms with Gasteiger partial charge in [0.25, 0.3) is 0 Å². The van der Waals surface area contributed by atoms with Crippen LogP contribution in [0, 0.1) is 0 Å². The fourth-order valence-electron chi connectivity index (χ4n) is 2.43. The van der Waals surface area contributed by atoms with Crippen LogP contribution in [0.25, 0.3) is 11.0 Å². The van der Waals surface area contributed by atoms with Crippen molar-refractivity contribution in [2.45, 2.75) is 64.2 Å². The number of unbranched alkanes of at least 4 members (excludes halogenated alkanes) is 2. The van der Waals surface area contributed by atoms with E-state index in [4.69, 9.17) is 4.98 Å². The molecule has 0 aliphatic rings. The first kappa shape index (κ1) is 17.9. The van der Waals surface area contributed by atoms with Gasteiger partial charge in [0.05, 0.1) is 11.0 Å². The van der Waals surface area contributed by atoms with Crippen LogP contribution in [0.15, 0.2) is 29.4 Å². The highest BCUT2D eigenvalue weighted by Gasteiger charge is 2.17. The SMILES string of the molecule is CCCCCSc1nc2ccccc2n1CC(=O)NC(C)(C)C. The number of para-hydroxylation sites is 2. The first-order valence-electron chi connectivity index (χ1n) is 8.30. The average molecular weight is 334 g/mol. The lowest BCUT2D eigenvalue weighted by Crippen LogP contribution is -2.42. The molecule has 5 heteroatoms. The molecule has 126 valence electrons. The Morgan fingerprint density at radius 3 is 2.70 bits per heavy atom. The molecule has 1 N–H and O–H groups in total. The van der Waals surface area contributed by atoms with E-state index in [1.54, 1.807) is 11.8 Å². The second-order valence-corrected chi connectivity index (χ2v) is 7.89. The van der Waals surface area contributed by atoms with E-state index < -0.39 is 0 Å². The third kappa shape index (κ3) is 5.27. The van der Waals surface area contributed by atoms with E-state index in [-0.39, 0.29) is 11.4 Å². The lowest BCUT2D eigenvalue weighted by Gasteiger charge is -2.21. The van der Waals surface area contributed by atoms with E-state index in [1.165, 1.54) is 19.3 Å². The van der Waals surface area contributed by atoms with Gasteiger partial charge in [0.15, 0.2) is 5.16 Å². The molecular weight excluding hydrogens is 306 g/mol. The van der Waals surface area contributed by atoms with Gasteiger partial charge in [-0.1, -0.05) is 43.7 Å². The Kier molecular flexibility index (Phi) is 6.10. The zero-order valence-corrected chi connectivity index (χ0v) is 15.4. The molecule has 0 aliphatic heterocycles. The zero-order chi connectivity index (χ0) is 16.9. The second-order valence-electron chi connectivity index (χ2n) is 6.82. The molecule has 0 radical (unpaired) electrons. The van der Waals surface area contributed by atoms with Crippen molar-refractivity contribution >= 4 is 28.7 Å². The van der Waals surface area contributed by atoms with Crippen LogP contribution in [-0.4, -0.2) is 26.8 Å². The lowest BCUT2D eigenvalue weighted by molar-refractivity contribution is -0.123. The fraction of sp³-hybridized carbons (Fsp3) is 0.556. The molecule has 0 fully saturated rings. The smallest absolute Gasteiger partial charge is 0.240 e. The largest absolute Gasteiger partial charge is 0.350 e. The number of fused-ring (bicyclic) bond motifs is 1. The summed E-state index contributed by atoms with van der Waals surface area (Å²) in [5, 5.41) is 3.97. The number of hydrogen-bond acceptors (Lipinski definition) is 3. The highest BCUT2D eigenvalue weighted by molar-refractivity contribution is 7.99. The van der Waals surface area contributed by atoms with E-state index >= 15 is 0 Å². The van der Waals surface area contributed by atoms with Crippen LogP contribution < -0.4 is 5.32 Å². The van der Waals surface area contributed by atoms with Crippen LogP contribution in [0.3, 0.4) is 0 Å². The molecule has 0 aliphatic carbocycles. The van der Waals surface area contributed by atoms with Crippen molar-refractivity contribution in [2.24, 2.45) is 0 Å². The van der Waals surface area contributed by atoms with Gasteiger partial charge >= 0.3 is 0 Å². The minimum Gasteiger partial charge on any atom is -0.350 e. The van der Waals surface area contributed by atoms with E-state index in [0.29, 0.717) is 6.54 Å². The van der Waals surface area contributed by atoms with Gasteiger partial charge in [-0.25, -0.2) is 4.98 Å². The predicted molar refractivity (Wildman–Crippen MR) is 97.9 cm³/mol. The normalized spacial score (nSPS) is 11.8. The van der Waals surface area contributed by atoms with Crippen LogP contribution >= 0.6 is 11.8 Å². The number of aromatic nitrogens is 2. The Morgan fingerprint density at radius 2 is 2.00 bits per heavy atom. The number of amides is 1. The molecule has 1 aromatic carbocycles. The third-order valence-corrected chi connectivity index (χ3v) is 4.48. The van der Waals surface area contributed by atoms with Crippen LogP contribution in [0.4, 0.5) is 0 Å². The van der Waals surface area contributed by atoms with Crippen molar-refractivity contribution < 1.29 is 4.79 Å². The number of hydrogen-bond donors (Lipinski definition) is 1. The maximum absolute atomic E-state index is 12.3. The van der Waals surface area contributed by atoms with Crippen molar-refractivity contribution in [3.05, 3.63) is 24.3 Å². The molecule has 0 atom stereocenters. The summed E-state index contributed by atoms with van der Waals surface area (Å²) >= 11 is 1.74. The first-order chi connectivity index (χ1) is 10.9. The molecule has 0 unspecified atom stereocenters. The van der Waals surface area contributed by atoms with Crippen molar-refractivity contribution in [1.29, 1.82) is 0 Å². The summed E-state index contributed by atoms with van der Waals surface area (Å²) in [5.41, 5.74) is 1.76. The Labute approximate surface area is 143 Å². The molecule has 4 nitrogen and oxygen atoms in total. The Bertz CT molecular complexity index is 658. The standard InChI is InChI=1S/C18H27N3OS/c1-5-6-9-12-23-17-19-14-10-7-8-11-15(14)21(17)13-16(22)20-18(2,3)4/h7-8,10-11H,5-6,9,12-13H2,1-4H3,(H,20,22). The highest BCUT2D eigenvalue weighted by Crippen LogP contribution is 2.25. The highest BCUT2D eigenvalue weighted by atomic mass is 32.2. The number of nitrogens with one attached hydrogen (secondary N) is 1. The second kappa shape index (κ2) is 7.86. The minimum absolute atomic E-state index is 0.0241. The van der Waals surface area contributed by atoms with Gasteiger partial charge < -0.3 is 9.88 Å². The first-order valence-corrected chi connectivity index (χ1v) is 9.28. The van der Waals surface area contributed by atoms with Crippen LogP contribution in [0.5, 0.6) is 0 Å². The number of carbonyl (C=O) groups excluding carboxylic acids is 1. The molecule has 2 aromatic rings. The quantitative estimate of drug-likeness (QED) is 0.609. The van der Waals surface area contributed by atoms with Crippen LogP contribution in [0.1, 0.15) is 47.0 Å². The molecule has 0 saturated carbocycles. The van der Waals surface area contributed by atoms with Crippen molar-refractivity contribution in [2.75, 3.05) is 5.75 Å². The van der Waals surface area contributed by atoms with Gasteiger partial charge in [-0.15, -0.1) is 0 Å². The van der Waals surface area contributed by atoms with Crippen LogP contribution in [0.2, 0.25) is 0 Å². The van der Waals surface area contributed by atoms with Gasteiger partial charge in [-0.05, 0) is 39.3 Å². The molecule has 0 bridgehead atoms. The molecule has 1 aromatic heterocycles. The number of imidazole rings is 1. The summed E-state index contributed by atoms with van der Waals surface area (Å²) in [7, 11) is 0. The van der Waals surface area contributed by atoms with Gasteiger partial charge in [0, 0.05) is 11.3 Å². The molecule has 0 spiro atoms. The average Bonchev–Trinajstić information content (AvgIpc) is 2.80. The van der Waals surface area contributed by atoms with E-state index in [2.05, 4.69) is 12.2 Å². The zero-order valence-electron chi connectivity index (χ0n) is 14.6. The van der Waals surface area contributed by atoms with E-state index in [9.17, 15) is 4.79 Å². The van der Waals surface area contributed by atoms with E-state index in [1.807, 2.05) is 49.6 Å². The monoisotopic (exact) mass is 333 g/mol. The van der Waals surface area contributed by atoms with Gasteiger partial charge in [0.1, 0.15) is 6.54 Å². The molecule has 2 rings (SSSR count). The third-order valence-electron chi connectivity index (χ3n) is 3.41. The maximum atomic E-state index is 12.3. The number of rotatable bonds is 7. The van der Waals surface area contributed by atoms with Crippen molar-refractivity contribution in [3.63, 3.8) is 0 Å². The Hall–Kier alpha value is -1.49. The predicted octanol–water partition coefficient (Wildman–Crippen LogP) is 4.23. The molecule has 0 saturated heterocycles. The van der Waals surface area contributed by atoms with E-state index in [0.717, 1.165) is 21.9 Å². The molecule has 1 heterocycles. The van der Waals surface area contributed by atoms with Gasteiger partial charge in [-0.2, -0.15) is 0 Å². The lowest BCUT2D eigenvalue weighted by atomic mass is 10.1. The fourth-order valence-corrected chi connectivity index (χ4v) is 3.45. The van der Waals surface area contributed by atoms with Crippen LogP contribution in [-0.2, 0) is 11.3 Å². The van der Waals surface area contributed by atoms with Crippen molar-refractivity contribution in [3.8, 4) is 0 Å². The summed E-state index contributed by atoms with van der Waals surface area (Å²) in [6, 6.07) is 8.01.